The molecule has 0 bridgehead atoms. The Morgan fingerprint density at radius 1 is 0.550 bits per heavy atom. The third kappa shape index (κ3) is 36.2. The van der Waals surface area contributed by atoms with Crippen molar-refractivity contribution in [1.29, 1.82) is 0 Å². The summed E-state index contributed by atoms with van der Waals surface area (Å²) in [6, 6.07) is 0. The first-order valence-corrected chi connectivity index (χ1v) is 8.87. The van der Waals surface area contributed by atoms with Gasteiger partial charge in [-0.2, -0.15) is 13.1 Å². The minimum atomic E-state index is 0.617. The molecular weight excluding hydrogens is 287 g/mol. The standard InChI is InChI=1S/2C8H18N.O.V/c2*1-2-3-4-5-6-7-8-9;;/h2*9H,2-8H2,1H3;;/q2*-1;;+2. The molecule has 0 unspecified atom stereocenters. The van der Waals surface area contributed by atoms with Crippen molar-refractivity contribution in [3.05, 3.63) is 11.5 Å². The van der Waals surface area contributed by atoms with Crippen molar-refractivity contribution in [3.8, 4) is 0 Å². The maximum absolute atomic E-state index is 8.19. The van der Waals surface area contributed by atoms with E-state index in [1.165, 1.54) is 64.2 Å². The molecule has 0 aliphatic heterocycles. The summed E-state index contributed by atoms with van der Waals surface area (Å²) in [6.45, 7) is 5.69. The van der Waals surface area contributed by atoms with Crippen LogP contribution in [0, 0.1) is 0 Å². The van der Waals surface area contributed by atoms with Crippen LogP contribution in [0.1, 0.15) is 90.9 Å². The SMILES string of the molecule is CCCCCCCC[NH-].CCCCCCCC[NH-].[O]=[V+2]. The number of hydrogen-bond acceptors (Lipinski definition) is 1. The van der Waals surface area contributed by atoms with Gasteiger partial charge in [0.2, 0.25) is 0 Å². The van der Waals surface area contributed by atoms with Gasteiger partial charge in [-0.05, 0) is 0 Å². The van der Waals surface area contributed by atoms with Crippen LogP contribution in [0.5, 0.6) is 0 Å². The summed E-state index contributed by atoms with van der Waals surface area (Å²) in [4.78, 5) is 0. The molecule has 0 aromatic heterocycles. The molecule has 0 rings (SSSR count). The second kappa shape index (κ2) is 31.6. The third-order valence-electron chi connectivity index (χ3n) is 3.06. The zero-order valence-corrected chi connectivity index (χ0v) is 15.2. The molecule has 20 heavy (non-hydrogen) atoms. The van der Waals surface area contributed by atoms with Crippen molar-refractivity contribution in [1.82, 2.24) is 0 Å². The summed E-state index contributed by atoms with van der Waals surface area (Å²) in [6.07, 6.45) is 15.5. The molecule has 0 aliphatic rings. The Balaban J connectivity index is -0.000000257. The van der Waals surface area contributed by atoms with Gasteiger partial charge in [0.25, 0.3) is 0 Å². The second-order valence-electron chi connectivity index (χ2n) is 5.04. The van der Waals surface area contributed by atoms with Crippen LogP contribution in [0.2, 0.25) is 0 Å². The summed E-state index contributed by atoms with van der Waals surface area (Å²) < 4.78 is 8.19. The van der Waals surface area contributed by atoms with Crippen molar-refractivity contribution in [3.63, 3.8) is 0 Å². The van der Waals surface area contributed by atoms with Crippen molar-refractivity contribution in [2.45, 2.75) is 90.9 Å². The Hall–Kier alpha value is 0.304. The number of unbranched alkanes of at least 4 members (excludes halogenated alkanes) is 10. The van der Waals surface area contributed by atoms with Crippen molar-refractivity contribution in [2.24, 2.45) is 0 Å². The molecule has 121 valence electrons. The van der Waals surface area contributed by atoms with Gasteiger partial charge in [0.15, 0.2) is 0 Å². The Labute approximate surface area is 136 Å². The molecule has 0 radical (unpaired) electrons. The number of hydrogen-bond donors (Lipinski definition) is 0. The normalized spacial score (nSPS) is 9.30. The van der Waals surface area contributed by atoms with E-state index in [0.29, 0.717) is 13.1 Å². The zero-order valence-electron chi connectivity index (χ0n) is 13.8. The van der Waals surface area contributed by atoms with Crippen molar-refractivity contribution in [2.75, 3.05) is 13.1 Å². The first kappa shape index (κ1) is 25.3. The molecular formula is C16H36N2OV. The number of nitrogens with one attached hydrogen (secondary N) is 2. The van der Waals surface area contributed by atoms with E-state index in [1.807, 2.05) is 0 Å². The Morgan fingerprint density at radius 2 is 0.800 bits per heavy atom. The second-order valence-corrected chi connectivity index (χ2v) is 5.04. The van der Waals surface area contributed by atoms with Gasteiger partial charge in [-0.1, -0.05) is 90.9 Å². The maximum atomic E-state index is 8.19. The van der Waals surface area contributed by atoms with Crippen LogP contribution in [0.25, 0.3) is 11.5 Å². The van der Waals surface area contributed by atoms with Gasteiger partial charge >= 0.3 is 21.0 Å². The van der Waals surface area contributed by atoms with Gasteiger partial charge in [0.1, 0.15) is 0 Å². The fourth-order valence-corrected chi connectivity index (χ4v) is 1.81. The average molecular weight is 323 g/mol. The van der Waals surface area contributed by atoms with E-state index in [1.54, 1.807) is 0 Å². The van der Waals surface area contributed by atoms with Gasteiger partial charge in [-0.25, -0.2) is 0 Å². The molecule has 0 aromatic carbocycles. The van der Waals surface area contributed by atoms with Gasteiger partial charge in [0, 0.05) is 0 Å². The Morgan fingerprint density at radius 3 is 1.05 bits per heavy atom. The van der Waals surface area contributed by atoms with Gasteiger partial charge in [0.05, 0.1) is 0 Å². The molecule has 0 aromatic rings. The fourth-order valence-electron chi connectivity index (χ4n) is 1.81. The van der Waals surface area contributed by atoms with E-state index in [2.05, 4.69) is 13.8 Å². The molecule has 0 amide bonds. The molecule has 0 heterocycles. The first-order chi connectivity index (χ1) is 9.83. The van der Waals surface area contributed by atoms with E-state index in [0.717, 1.165) is 30.2 Å². The van der Waals surface area contributed by atoms with Crippen molar-refractivity contribution >= 4 is 0 Å². The summed E-state index contributed by atoms with van der Waals surface area (Å²) >= 11 is 1.06. The van der Waals surface area contributed by atoms with Crippen LogP contribution in [0.3, 0.4) is 0 Å². The molecule has 0 saturated carbocycles. The summed E-state index contributed by atoms with van der Waals surface area (Å²) in [5.41, 5.74) is 13.8. The summed E-state index contributed by atoms with van der Waals surface area (Å²) in [5.74, 6) is 0. The van der Waals surface area contributed by atoms with Crippen LogP contribution in [-0.2, 0) is 21.0 Å². The fraction of sp³-hybridized carbons (Fsp3) is 1.00. The van der Waals surface area contributed by atoms with Gasteiger partial charge in [-0.3, -0.25) is 0 Å². The molecule has 2 N–H and O–H groups in total. The third-order valence-corrected chi connectivity index (χ3v) is 3.06. The Bertz CT molecular complexity index is 112. The zero-order chi connectivity index (χ0) is 15.9. The molecule has 0 atom stereocenters. The first-order valence-electron chi connectivity index (χ1n) is 8.30. The summed E-state index contributed by atoms with van der Waals surface area (Å²) in [5, 5.41) is 0. The molecule has 0 saturated heterocycles. The van der Waals surface area contributed by atoms with E-state index in [4.69, 9.17) is 15.1 Å². The van der Waals surface area contributed by atoms with E-state index in [-0.39, 0.29) is 0 Å². The monoisotopic (exact) mass is 323 g/mol. The summed E-state index contributed by atoms with van der Waals surface area (Å²) in [7, 11) is 0. The molecule has 0 spiro atoms. The van der Waals surface area contributed by atoms with Gasteiger partial charge < -0.3 is 11.5 Å². The molecule has 0 fully saturated rings. The molecule has 4 heteroatoms. The van der Waals surface area contributed by atoms with Gasteiger partial charge in [-0.15, -0.1) is 0 Å². The van der Waals surface area contributed by atoms with E-state index < -0.39 is 0 Å². The van der Waals surface area contributed by atoms with E-state index in [9.17, 15) is 0 Å². The average Bonchev–Trinajstić information content (AvgIpc) is 2.50. The minimum absolute atomic E-state index is 0.617. The van der Waals surface area contributed by atoms with Crippen molar-refractivity contribution < 1.29 is 21.0 Å². The van der Waals surface area contributed by atoms with Crippen LogP contribution in [0.4, 0.5) is 0 Å². The topological polar surface area (TPSA) is 64.7 Å². The van der Waals surface area contributed by atoms with Crippen LogP contribution in [-0.4, -0.2) is 13.1 Å². The number of rotatable bonds is 12. The quantitative estimate of drug-likeness (QED) is 0.369. The van der Waals surface area contributed by atoms with Crippen LogP contribution in [0.15, 0.2) is 0 Å². The predicted molar refractivity (Wildman–Crippen MR) is 85.8 cm³/mol. The Kier molecular flexibility index (Phi) is 39.9. The van der Waals surface area contributed by atoms with Crippen LogP contribution >= 0.6 is 0 Å². The predicted octanol–water partition coefficient (Wildman–Crippen LogP) is 6.68. The van der Waals surface area contributed by atoms with E-state index >= 15 is 0 Å². The molecule has 0 aliphatic carbocycles. The molecule has 3 nitrogen and oxygen atoms in total. The van der Waals surface area contributed by atoms with Crippen LogP contribution < -0.4 is 0 Å².